The number of nitrogens with one attached hydrogen (secondary N) is 1. The second kappa shape index (κ2) is 3.60. The van der Waals surface area contributed by atoms with Gasteiger partial charge in [-0.25, -0.2) is 0 Å². The van der Waals surface area contributed by atoms with Gasteiger partial charge in [0.25, 0.3) is 11.9 Å². The summed E-state index contributed by atoms with van der Waals surface area (Å²) in [6, 6.07) is 0. The van der Waals surface area contributed by atoms with E-state index in [1.54, 1.807) is 5.32 Å². The first-order valence-electron chi connectivity index (χ1n) is 3.41. The van der Waals surface area contributed by atoms with Crippen LogP contribution in [-0.4, -0.2) is 10.9 Å². The predicted octanol–water partition coefficient (Wildman–Crippen LogP) is 1.60. The number of hydrogen-bond donors (Lipinski definition) is 1. The number of nitrogens with zero attached hydrogens (tertiary/aromatic N) is 1. The molecule has 0 unspecified atom stereocenters. The van der Waals surface area contributed by atoms with E-state index in [1.807, 2.05) is 0 Å². The third kappa shape index (κ3) is 1.81. The van der Waals surface area contributed by atoms with Crippen LogP contribution in [0.5, 0.6) is 0 Å². The molecule has 0 aliphatic carbocycles. The maximum absolute atomic E-state index is 12.7. The third-order valence-electron chi connectivity index (χ3n) is 1.30. The van der Waals surface area contributed by atoms with Crippen LogP contribution in [0.1, 0.15) is 6.92 Å². The minimum atomic E-state index is -1.81. The van der Waals surface area contributed by atoms with E-state index >= 15 is 0 Å². The molecule has 0 atom stereocenters. The Balaban J connectivity index is 3.31. The molecule has 0 fully saturated rings. The normalized spacial score (nSPS) is 10.1. The van der Waals surface area contributed by atoms with Crippen LogP contribution in [0.25, 0.3) is 0 Å². The first-order valence-corrected chi connectivity index (χ1v) is 3.41. The number of anilines is 1. The molecular weight excluding hydrogens is 204 g/mol. The molecule has 1 rings (SSSR count). The van der Waals surface area contributed by atoms with Crippen molar-refractivity contribution in [1.82, 2.24) is 4.98 Å². The van der Waals surface area contributed by atoms with E-state index in [-0.39, 0.29) is 0 Å². The van der Waals surface area contributed by atoms with Gasteiger partial charge in [0.15, 0.2) is 0 Å². The Morgan fingerprint density at radius 1 is 1.14 bits per heavy atom. The molecule has 0 saturated carbocycles. The summed E-state index contributed by atoms with van der Waals surface area (Å²) in [5.41, 5.74) is -1.18. The van der Waals surface area contributed by atoms with E-state index in [0.29, 0.717) is 0 Å². The van der Waals surface area contributed by atoms with E-state index in [1.165, 1.54) is 0 Å². The third-order valence-corrected chi connectivity index (χ3v) is 1.30. The van der Waals surface area contributed by atoms with Crippen molar-refractivity contribution in [3.63, 3.8) is 0 Å². The molecule has 7 heteroatoms. The molecule has 1 N–H and O–H groups in total. The van der Waals surface area contributed by atoms with Crippen molar-refractivity contribution in [1.29, 1.82) is 0 Å². The monoisotopic (exact) mass is 208 g/mol. The molecular formula is C7H4F4N2O. The van der Waals surface area contributed by atoms with E-state index in [0.717, 1.165) is 6.92 Å². The maximum Gasteiger partial charge on any atom is 0.253 e. The first-order chi connectivity index (χ1) is 6.43. The van der Waals surface area contributed by atoms with Crippen LogP contribution >= 0.6 is 0 Å². The van der Waals surface area contributed by atoms with Crippen LogP contribution in [0.4, 0.5) is 23.2 Å². The second-order valence-electron chi connectivity index (χ2n) is 2.38. The number of halogens is 4. The molecule has 0 spiro atoms. The average Bonchev–Trinajstić information content (AvgIpc) is 2.09. The Morgan fingerprint density at radius 2 is 1.57 bits per heavy atom. The summed E-state index contributed by atoms with van der Waals surface area (Å²) in [6.07, 6.45) is 0. The topological polar surface area (TPSA) is 42.0 Å². The molecule has 0 bridgehead atoms. The molecule has 0 saturated heterocycles. The molecule has 1 heterocycles. The van der Waals surface area contributed by atoms with Gasteiger partial charge < -0.3 is 5.32 Å². The number of carbonyl (C=O) groups is 1. The Morgan fingerprint density at radius 3 is 1.93 bits per heavy atom. The summed E-state index contributed by atoms with van der Waals surface area (Å²) in [6.45, 7) is 0.940. The number of aromatic nitrogens is 1. The fraction of sp³-hybridized carbons (Fsp3) is 0.143. The highest BCUT2D eigenvalue weighted by atomic mass is 19.2. The number of amides is 1. The van der Waals surface area contributed by atoms with Gasteiger partial charge in [0.1, 0.15) is 5.69 Å². The SMILES string of the molecule is CC(=O)Nc1c(F)c(F)nc(F)c1F. The quantitative estimate of drug-likeness (QED) is 0.562. The van der Waals surface area contributed by atoms with Crippen molar-refractivity contribution < 1.29 is 22.4 Å². The lowest BCUT2D eigenvalue weighted by atomic mass is 10.3. The van der Waals surface area contributed by atoms with Crippen LogP contribution < -0.4 is 5.32 Å². The Bertz CT molecular complexity index is 368. The zero-order chi connectivity index (χ0) is 10.9. The van der Waals surface area contributed by atoms with Crippen molar-refractivity contribution >= 4 is 11.6 Å². The summed E-state index contributed by atoms with van der Waals surface area (Å²) < 4.78 is 50.3. The van der Waals surface area contributed by atoms with Crippen LogP contribution in [0, 0.1) is 23.5 Å². The molecule has 0 aromatic carbocycles. The van der Waals surface area contributed by atoms with Crippen LogP contribution in [0.2, 0.25) is 0 Å². The molecule has 0 radical (unpaired) electrons. The first kappa shape index (κ1) is 10.4. The standard InChI is InChI=1S/C7H4F4N2O/c1-2(14)12-5-3(8)6(10)13-7(11)4(5)9/h1H3,(H,12,13,14). The highest BCUT2D eigenvalue weighted by Gasteiger charge is 2.21. The van der Waals surface area contributed by atoms with Gasteiger partial charge in [0.2, 0.25) is 17.5 Å². The summed E-state index contributed by atoms with van der Waals surface area (Å²) in [5, 5.41) is 1.61. The van der Waals surface area contributed by atoms with Gasteiger partial charge in [-0.05, 0) is 0 Å². The number of hydrogen-bond acceptors (Lipinski definition) is 2. The lowest BCUT2D eigenvalue weighted by Gasteiger charge is -2.05. The zero-order valence-electron chi connectivity index (χ0n) is 6.87. The number of carbonyl (C=O) groups excluding carboxylic acids is 1. The summed E-state index contributed by atoms with van der Waals surface area (Å²) in [5.74, 6) is -7.95. The van der Waals surface area contributed by atoms with E-state index in [2.05, 4.69) is 4.98 Å². The van der Waals surface area contributed by atoms with Gasteiger partial charge in [-0.2, -0.15) is 22.5 Å². The smallest absolute Gasteiger partial charge is 0.253 e. The fourth-order valence-electron chi connectivity index (χ4n) is 0.773. The molecule has 14 heavy (non-hydrogen) atoms. The molecule has 0 aliphatic rings. The minimum Gasteiger partial charge on any atom is -0.321 e. The van der Waals surface area contributed by atoms with Gasteiger partial charge in [-0.1, -0.05) is 0 Å². The van der Waals surface area contributed by atoms with Crippen molar-refractivity contribution in [2.24, 2.45) is 0 Å². The average molecular weight is 208 g/mol. The highest BCUT2D eigenvalue weighted by Crippen LogP contribution is 2.21. The van der Waals surface area contributed by atoms with Crippen molar-refractivity contribution in [2.45, 2.75) is 6.92 Å². The van der Waals surface area contributed by atoms with Gasteiger partial charge in [0.05, 0.1) is 0 Å². The molecule has 1 aromatic rings. The fourth-order valence-corrected chi connectivity index (χ4v) is 0.773. The van der Waals surface area contributed by atoms with E-state index in [4.69, 9.17) is 0 Å². The minimum absolute atomic E-state index is 0.854. The van der Waals surface area contributed by atoms with Crippen LogP contribution in [0.15, 0.2) is 0 Å². The Labute approximate surface area is 75.8 Å². The predicted molar refractivity (Wildman–Crippen MR) is 38.4 cm³/mol. The maximum atomic E-state index is 12.7. The van der Waals surface area contributed by atoms with Gasteiger partial charge in [-0.15, -0.1) is 0 Å². The highest BCUT2D eigenvalue weighted by molar-refractivity contribution is 5.88. The van der Waals surface area contributed by atoms with Crippen LogP contribution in [0.3, 0.4) is 0 Å². The molecule has 0 aliphatic heterocycles. The molecule has 1 aromatic heterocycles. The number of pyridine rings is 1. The zero-order valence-corrected chi connectivity index (χ0v) is 6.87. The largest absolute Gasteiger partial charge is 0.321 e. The van der Waals surface area contributed by atoms with E-state index < -0.39 is 35.1 Å². The molecule has 76 valence electrons. The van der Waals surface area contributed by atoms with E-state index in [9.17, 15) is 22.4 Å². The summed E-state index contributed by atoms with van der Waals surface area (Å²) in [7, 11) is 0. The van der Waals surface area contributed by atoms with Gasteiger partial charge in [0, 0.05) is 6.92 Å². The van der Waals surface area contributed by atoms with Crippen molar-refractivity contribution in [3.05, 3.63) is 23.5 Å². The van der Waals surface area contributed by atoms with Gasteiger partial charge >= 0.3 is 0 Å². The second-order valence-corrected chi connectivity index (χ2v) is 2.38. The Hall–Kier alpha value is -1.66. The summed E-state index contributed by atoms with van der Waals surface area (Å²) in [4.78, 5) is 12.7. The Kier molecular flexibility index (Phi) is 2.68. The van der Waals surface area contributed by atoms with Crippen molar-refractivity contribution in [3.8, 4) is 0 Å². The summed E-state index contributed by atoms with van der Waals surface area (Å²) >= 11 is 0. The lowest BCUT2D eigenvalue weighted by Crippen LogP contribution is -2.13. The lowest BCUT2D eigenvalue weighted by molar-refractivity contribution is -0.114. The molecule has 1 amide bonds. The van der Waals surface area contributed by atoms with Crippen molar-refractivity contribution in [2.75, 3.05) is 5.32 Å². The van der Waals surface area contributed by atoms with Crippen LogP contribution in [-0.2, 0) is 4.79 Å². The molecule has 3 nitrogen and oxygen atoms in total. The number of rotatable bonds is 1. The van der Waals surface area contributed by atoms with Gasteiger partial charge in [-0.3, -0.25) is 4.79 Å².